The Hall–Kier alpha value is -3.10. The Morgan fingerprint density at radius 3 is 1.11 bits per heavy atom. The van der Waals surface area contributed by atoms with Crippen LogP contribution in [0.2, 0.25) is 0 Å². The molecule has 0 aliphatic carbocycles. The average Bonchev–Trinajstić information content (AvgIpc) is 3.76. The zero-order valence-electron chi connectivity index (χ0n) is 28.3. The summed E-state index contributed by atoms with van der Waals surface area (Å²) >= 11 is 0. The van der Waals surface area contributed by atoms with Gasteiger partial charge in [-0.15, -0.1) is 0 Å². The first-order valence-corrected chi connectivity index (χ1v) is 16.6. The van der Waals surface area contributed by atoms with E-state index in [0.29, 0.717) is 0 Å². The molecule has 46 heavy (non-hydrogen) atoms. The summed E-state index contributed by atoms with van der Waals surface area (Å²) in [5, 5.41) is 0. The maximum absolute atomic E-state index is 9.75. The molecule has 0 fully saturated rings. The van der Waals surface area contributed by atoms with Gasteiger partial charge >= 0.3 is 7.25 Å². The maximum Gasteiger partial charge on any atom is 0.673 e. The van der Waals surface area contributed by atoms with E-state index < -0.39 is 7.25 Å². The van der Waals surface area contributed by atoms with Gasteiger partial charge in [-0.1, -0.05) is 55.4 Å². The molecule has 8 bridgehead atoms. The molecule has 0 amide bonds. The molecule has 0 saturated carbocycles. The van der Waals surface area contributed by atoms with E-state index in [2.05, 4.69) is 89.6 Å². The minimum absolute atomic E-state index is 0. The summed E-state index contributed by atoms with van der Waals surface area (Å²) in [6, 6.07) is 4.47. The smallest absolute Gasteiger partial charge is 0.418 e. The van der Waals surface area contributed by atoms with Gasteiger partial charge in [0.25, 0.3) is 0 Å². The number of H-pyrrole nitrogens is 2. The van der Waals surface area contributed by atoms with Gasteiger partial charge in [-0.25, -0.2) is 9.97 Å². The molecule has 5 heterocycles. The molecule has 4 nitrogen and oxygen atoms in total. The predicted octanol–water partition coefficient (Wildman–Crippen LogP) is 10.9. The molecule has 0 unspecified atom stereocenters. The number of nitrogens with one attached hydrogen (secondary N) is 2. The van der Waals surface area contributed by atoms with Crippen molar-refractivity contribution in [2.45, 2.75) is 107 Å². The number of hydrogen-bond donors (Lipinski definition) is 2. The molecule has 2 aliphatic rings. The molecule has 0 saturated heterocycles. The summed E-state index contributed by atoms with van der Waals surface area (Å²) in [5.41, 5.74) is 20.4. The number of aromatic amines is 2. The number of hydrogen-bond acceptors (Lipinski definition) is 2. The zero-order valence-corrected chi connectivity index (χ0v) is 29.5. The fourth-order valence-electron chi connectivity index (χ4n) is 7.12. The van der Waals surface area contributed by atoms with Gasteiger partial charge in [-0.2, -0.15) is 0 Å². The Morgan fingerprint density at radius 2 is 0.826 bits per heavy atom. The standard InChI is InChI=1S/C36H46N4.BF4.Mn/c1-9-23-25(11-3)33-29(15-7)35-27(13-5)28(14-6)36(40-35)30(16-8)34-26(12-4)24(10-2)32(39-34)20-22-18-17-21(37-22)19-31(23)38-33;2-1(3,4)5;/h17-20,38-39H,9-16H2,1-8H3;;/q;-1;. The molecule has 0 aromatic carbocycles. The molecule has 2 aliphatic heterocycles. The molecule has 3 aromatic heterocycles. The van der Waals surface area contributed by atoms with Crippen molar-refractivity contribution in [3.63, 3.8) is 0 Å². The normalized spacial score (nSPS) is 12.7. The van der Waals surface area contributed by atoms with E-state index in [9.17, 15) is 17.3 Å². The van der Waals surface area contributed by atoms with Crippen molar-refractivity contribution in [1.29, 1.82) is 0 Å². The van der Waals surface area contributed by atoms with E-state index in [-0.39, 0.29) is 17.1 Å². The summed E-state index contributed by atoms with van der Waals surface area (Å²) in [6.45, 7) is 18.3. The van der Waals surface area contributed by atoms with E-state index in [1.807, 2.05) is 0 Å². The summed E-state index contributed by atoms with van der Waals surface area (Å²) in [5.74, 6) is 0. The molecule has 0 atom stereocenters. The molecule has 2 N–H and O–H groups in total. The van der Waals surface area contributed by atoms with Gasteiger partial charge in [0.1, 0.15) is 0 Å². The van der Waals surface area contributed by atoms with Gasteiger partial charge in [-0.05, 0) is 109 Å². The molecule has 0 spiro atoms. The second-order valence-corrected chi connectivity index (χ2v) is 11.4. The van der Waals surface area contributed by atoms with Crippen LogP contribution in [0.3, 0.4) is 0 Å². The van der Waals surface area contributed by atoms with Crippen LogP contribution < -0.4 is 0 Å². The van der Waals surface area contributed by atoms with Gasteiger partial charge in [0, 0.05) is 50.3 Å². The Labute approximate surface area is 281 Å². The van der Waals surface area contributed by atoms with Gasteiger partial charge in [0.2, 0.25) is 0 Å². The van der Waals surface area contributed by atoms with Crippen LogP contribution in [0.1, 0.15) is 124 Å². The van der Waals surface area contributed by atoms with Crippen molar-refractivity contribution in [3.05, 3.63) is 68.3 Å². The van der Waals surface area contributed by atoms with E-state index in [0.717, 1.165) is 62.8 Å². The summed E-state index contributed by atoms with van der Waals surface area (Å²) in [6.07, 6.45) is 12.1. The van der Waals surface area contributed by atoms with Gasteiger partial charge < -0.3 is 27.2 Å². The molecule has 1 radical (unpaired) electrons. The van der Waals surface area contributed by atoms with Gasteiger partial charge in [-0.3, -0.25) is 0 Å². The second-order valence-electron chi connectivity index (χ2n) is 11.4. The Morgan fingerprint density at radius 1 is 0.500 bits per heavy atom. The molecular weight excluding hydrogens is 630 g/mol. The summed E-state index contributed by atoms with van der Waals surface area (Å²) in [4.78, 5) is 18.4. The monoisotopic (exact) mass is 676 g/mol. The number of nitrogens with zero attached hydrogens (tertiary/aromatic N) is 2. The zero-order chi connectivity index (χ0) is 33.1. The Bertz CT molecular complexity index is 1670. The third kappa shape index (κ3) is 7.39. The van der Waals surface area contributed by atoms with Crippen LogP contribution in [0.5, 0.6) is 0 Å². The Kier molecular flexibility index (Phi) is 12.7. The molecular formula is C36H46BF4MnN4-. The topological polar surface area (TPSA) is 57.4 Å². The quantitative estimate of drug-likeness (QED) is 0.144. The fourth-order valence-corrected chi connectivity index (χ4v) is 7.12. The molecule has 5 rings (SSSR count). The van der Waals surface area contributed by atoms with Crippen molar-refractivity contribution in [2.75, 3.05) is 0 Å². The van der Waals surface area contributed by atoms with Gasteiger partial charge in [0.05, 0.1) is 22.8 Å². The first-order valence-electron chi connectivity index (χ1n) is 16.6. The van der Waals surface area contributed by atoms with Crippen LogP contribution in [0.25, 0.3) is 45.4 Å². The average molecular weight is 677 g/mol. The minimum Gasteiger partial charge on any atom is -0.418 e. The number of aromatic nitrogens is 4. The Balaban J connectivity index is 0.000000892. The third-order valence-electron chi connectivity index (χ3n) is 8.93. The van der Waals surface area contributed by atoms with E-state index in [1.54, 1.807) is 0 Å². The van der Waals surface area contributed by atoms with Crippen LogP contribution in [0.4, 0.5) is 17.3 Å². The predicted molar refractivity (Wildman–Crippen MR) is 184 cm³/mol. The number of allylic oxidation sites excluding steroid dienone is 2. The van der Waals surface area contributed by atoms with E-state index in [1.165, 1.54) is 78.0 Å². The minimum atomic E-state index is -6.00. The van der Waals surface area contributed by atoms with Gasteiger partial charge in [0.15, 0.2) is 0 Å². The largest absolute Gasteiger partial charge is 0.673 e. The van der Waals surface area contributed by atoms with E-state index >= 15 is 0 Å². The van der Waals surface area contributed by atoms with Crippen LogP contribution in [0.15, 0.2) is 12.1 Å². The van der Waals surface area contributed by atoms with Crippen molar-refractivity contribution in [1.82, 2.24) is 19.9 Å². The van der Waals surface area contributed by atoms with Crippen LogP contribution in [-0.4, -0.2) is 27.2 Å². The van der Waals surface area contributed by atoms with Crippen molar-refractivity contribution in [3.8, 4) is 0 Å². The molecule has 249 valence electrons. The number of halogens is 4. The third-order valence-corrected chi connectivity index (χ3v) is 8.93. The number of aryl methyl sites for hydroxylation is 6. The van der Waals surface area contributed by atoms with E-state index in [4.69, 9.17) is 9.97 Å². The maximum atomic E-state index is 9.75. The van der Waals surface area contributed by atoms with Crippen molar-refractivity contribution in [2.24, 2.45) is 0 Å². The number of rotatable bonds is 8. The second kappa shape index (κ2) is 15.7. The van der Waals surface area contributed by atoms with Crippen LogP contribution in [-0.2, 0) is 55.6 Å². The van der Waals surface area contributed by atoms with Crippen molar-refractivity contribution >= 4 is 52.6 Å². The summed E-state index contributed by atoms with van der Waals surface area (Å²) < 4.78 is 39.0. The fraction of sp³-hybridized carbons (Fsp3) is 0.444. The SMILES string of the molecule is CCC1=C(CC)c2nc1c(CC)c1[nH]c(cc3nc(cc4[nH]c(c2CC)c(CC)c4CC)C=C3)c(CC)c1CC.F[B-](F)(F)F.[Mn]. The van der Waals surface area contributed by atoms with Crippen LogP contribution >= 0.6 is 0 Å². The first kappa shape index (κ1) is 37.4. The molecule has 10 heteroatoms. The summed E-state index contributed by atoms with van der Waals surface area (Å²) in [7, 11) is -6.00. The number of fused-ring (bicyclic) bond motifs is 8. The van der Waals surface area contributed by atoms with Crippen LogP contribution in [0, 0.1) is 0 Å². The first-order chi connectivity index (χ1) is 21.5. The van der Waals surface area contributed by atoms with Crippen molar-refractivity contribution < 1.29 is 34.3 Å². The molecule has 3 aromatic rings.